The van der Waals surface area contributed by atoms with Gasteiger partial charge in [0.05, 0.1) is 12.9 Å². The summed E-state index contributed by atoms with van der Waals surface area (Å²) in [4.78, 5) is 0.282. The smallest absolute Gasteiger partial charge is 0.182 e. The van der Waals surface area contributed by atoms with Crippen LogP contribution in [0.4, 0.5) is 0 Å². The Kier molecular flexibility index (Phi) is 5.62. The zero-order valence-corrected chi connectivity index (χ0v) is 12.0. The van der Waals surface area contributed by atoms with Crippen LogP contribution in [0.1, 0.15) is 19.8 Å². The molecular formula is C13H21NO3S. The molecule has 0 saturated heterocycles. The zero-order valence-electron chi connectivity index (χ0n) is 11.1. The molecule has 0 aliphatic carbocycles. The minimum Gasteiger partial charge on any atom is -0.495 e. The van der Waals surface area contributed by atoms with E-state index in [0.29, 0.717) is 18.2 Å². The van der Waals surface area contributed by atoms with Gasteiger partial charge < -0.3 is 10.1 Å². The van der Waals surface area contributed by atoms with Gasteiger partial charge in [-0.05, 0) is 38.9 Å². The number of para-hydroxylation sites is 1. The Balaban J connectivity index is 2.74. The number of methoxy groups -OCH3 is 1. The van der Waals surface area contributed by atoms with Crippen LogP contribution in [0.3, 0.4) is 0 Å². The van der Waals surface area contributed by atoms with E-state index < -0.39 is 9.84 Å². The summed E-state index contributed by atoms with van der Waals surface area (Å²) in [5.74, 6) is 0.568. The number of rotatable bonds is 7. The lowest BCUT2D eigenvalue weighted by Gasteiger charge is -2.11. The van der Waals surface area contributed by atoms with Gasteiger partial charge in [-0.15, -0.1) is 0 Å². The highest BCUT2D eigenvalue weighted by Gasteiger charge is 2.18. The third kappa shape index (κ3) is 3.99. The fourth-order valence-electron chi connectivity index (χ4n) is 1.71. The van der Waals surface area contributed by atoms with Crippen molar-refractivity contribution >= 4 is 9.84 Å². The minimum atomic E-state index is -3.26. The van der Waals surface area contributed by atoms with E-state index in [2.05, 4.69) is 5.32 Å². The summed E-state index contributed by atoms with van der Waals surface area (Å²) in [7, 11) is 0.0983. The average Bonchev–Trinajstić information content (AvgIpc) is 2.38. The van der Waals surface area contributed by atoms with Crippen molar-refractivity contribution in [2.45, 2.75) is 30.7 Å². The Morgan fingerprint density at radius 1 is 1.33 bits per heavy atom. The van der Waals surface area contributed by atoms with Crippen LogP contribution in [0, 0.1) is 0 Å². The van der Waals surface area contributed by atoms with Gasteiger partial charge >= 0.3 is 0 Å². The molecule has 4 nitrogen and oxygen atoms in total. The van der Waals surface area contributed by atoms with Gasteiger partial charge in [0, 0.05) is 6.04 Å². The molecule has 0 heterocycles. The molecule has 1 atom stereocenters. The largest absolute Gasteiger partial charge is 0.495 e. The van der Waals surface area contributed by atoms with Crippen molar-refractivity contribution in [2.24, 2.45) is 0 Å². The van der Waals surface area contributed by atoms with Gasteiger partial charge in [-0.25, -0.2) is 8.42 Å². The molecule has 5 heteroatoms. The highest BCUT2D eigenvalue weighted by molar-refractivity contribution is 7.91. The summed E-state index contributed by atoms with van der Waals surface area (Å²) in [6.07, 6.45) is 1.48. The maximum Gasteiger partial charge on any atom is 0.182 e. The van der Waals surface area contributed by atoms with Gasteiger partial charge in [0.25, 0.3) is 0 Å². The predicted molar refractivity (Wildman–Crippen MR) is 72.8 cm³/mol. The molecule has 102 valence electrons. The van der Waals surface area contributed by atoms with Gasteiger partial charge in [-0.3, -0.25) is 0 Å². The first-order valence-corrected chi connectivity index (χ1v) is 7.69. The Bertz CT molecular complexity index is 471. The SMILES string of the molecule is CNC(C)CCCS(=O)(=O)c1ccccc1OC. The molecule has 0 aliphatic heterocycles. The van der Waals surface area contributed by atoms with Crippen LogP contribution in [0.15, 0.2) is 29.2 Å². The van der Waals surface area contributed by atoms with E-state index in [1.807, 2.05) is 14.0 Å². The average molecular weight is 271 g/mol. The summed E-state index contributed by atoms with van der Waals surface area (Å²) in [6, 6.07) is 7.07. The van der Waals surface area contributed by atoms with Gasteiger partial charge in [0.15, 0.2) is 9.84 Å². The number of hydrogen-bond donors (Lipinski definition) is 1. The van der Waals surface area contributed by atoms with Gasteiger partial charge in [-0.2, -0.15) is 0 Å². The third-order valence-electron chi connectivity index (χ3n) is 2.95. The number of nitrogens with one attached hydrogen (secondary N) is 1. The topological polar surface area (TPSA) is 55.4 Å². The molecule has 1 rings (SSSR count). The van der Waals surface area contributed by atoms with Crippen molar-refractivity contribution in [1.29, 1.82) is 0 Å². The fourth-order valence-corrected chi connectivity index (χ4v) is 3.22. The molecule has 0 aliphatic rings. The quantitative estimate of drug-likeness (QED) is 0.822. The maximum atomic E-state index is 12.2. The van der Waals surface area contributed by atoms with E-state index in [1.54, 1.807) is 24.3 Å². The standard InChI is InChI=1S/C13H21NO3S/c1-11(14-2)7-6-10-18(15,16)13-9-5-4-8-12(13)17-3/h4-5,8-9,11,14H,6-7,10H2,1-3H3. The lowest BCUT2D eigenvalue weighted by molar-refractivity contribution is 0.402. The van der Waals surface area contributed by atoms with Crippen LogP contribution < -0.4 is 10.1 Å². The molecule has 0 radical (unpaired) electrons. The first-order valence-electron chi connectivity index (χ1n) is 6.04. The molecule has 1 unspecified atom stereocenters. The number of benzene rings is 1. The first-order chi connectivity index (χ1) is 8.51. The van der Waals surface area contributed by atoms with Crippen LogP contribution in [0.2, 0.25) is 0 Å². The molecule has 1 N–H and O–H groups in total. The van der Waals surface area contributed by atoms with Crippen molar-refractivity contribution in [3.05, 3.63) is 24.3 Å². The van der Waals surface area contributed by atoms with E-state index in [0.717, 1.165) is 6.42 Å². The Morgan fingerprint density at radius 3 is 2.61 bits per heavy atom. The van der Waals surface area contributed by atoms with Gasteiger partial charge in [0.2, 0.25) is 0 Å². The predicted octanol–water partition coefficient (Wildman–Crippen LogP) is 1.86. The minimum absolute atomic E-state index is 0.152. The van der Waals surface area contributed by atoms with Gasteiger partial charge in [0.1, 0.15) is 10.6 Å². The van der Waals surface area contributed by atoms with E-state index in [4.69, 9.17) is 4.74 Å². The summed E-state index contributed by atoms with van der Waals surface area (Å²) in [5.41, 5.74) is 0. The van der Waals surface area contributed by atoms with Crippen molar-refractivity contribution < 1.29 is 13.2 Å². The summed E-state index contributed by atoms with van der Waals surface area (Å²) < 4.78 is 29.5. The number of hydrogen-bond acceptors (Lipinski definition) is 4. The molecule has 0 bridgehead atoms. The van der Waals surface area contributed by atoms with Crippen LogP contribution in [-0.2, 0) is 9.84 Å². The maximum absolute atomic E-state index is 12.2. The normalized spacial score (nSPS) is 13.3. The molecule has 0 saturated carbocycles. The second-order valence-electron chi connectivity index (χ2n) is 4.30. The summed E-state index contributed by atoms with van der Waals surface area (Å²) in [6.45, 7) is 2.04. The molecule has 0 fully saturated rings. The van der Waals surface area contributed by atoms with E-state index >= 15 is 0 Å². The van der Waals surface area contributed by atoms with Crippen molar-refractivity contribution in [2.75, 3.05) is 19.9 Å². The highest BCUT2D eigenvalue weighted by Crippen LogP contribution is 2.24. The third-order valence-corrected chi connectivity index (χ3v) is 4.78. The van der Waals surface area contributed by atoms with Crippen molar-refractivity contribution in [3.63, 3.8) is 0 Å². The zero-order chi connectivity index (χ0) is 13.6. The Morgan fingerprint density at radius 2 is 2.00 bits per heavy atom. The van der Waals surface area contributed by atoms with Gasteiger partial charge in [-0.1, -0.05) is 12.1 Å². The van der Waals surface area contributed by atoms with Crippen molar-refractivity contribution in [1.82, 2.24) is 5.32 Å². The molecule has 0 spiro atoms. The van der Waals surface area contributed by atoms with Crippen LogP contribution in [0.25, 0.3) is 0 Å². The van der Waals surface area contributed by atoms with E-state index in [1.165, 1.54) is 7.11 Å². The van der Waals surface area contributed by atoms with Crippen LogP contribution >= 0.6 is 0 Å². The lowest BCUT2D eigenvalue weighted by Crippen LogP contribution is -2.22. The fraction of sp³-hybridized carbons (Fsp3) is 0.538. The number of ether oxygens (including phenoxy) is 1. The Labute approximate surface area is 109 Å². The molecule has 18 heavy (non-hydrogen) atoms. The highest BCUT2D eigenvalue weighted by atomic mass is 32.2. The van der Waals surface area contributed by atoms with Crippen LogP contribution in [-0.4, -0.2) is 34.4 Å². The summed E-state index contributed by atoms with van der Waals surface area (Å²) in [5, 5.41) is 3.09. The Hall–Kier alpha value is -1.07. The molecule has 1 aromatic rings. The van der Waals surface area contributed by atoms with E-state index in [-0.39, 0.29) is 10.6 Å². The monoisotopic (exact) mass is 271 g/mol. The second-order valence-corrected chi connectivity index (χ2v) is 6.38. The summed E-state index contributed by atoms with van der Waals surface area (Å²) >= 11 is 0. The number of sulfone groups is 1. The lowest BCUT2D eigenvalue weighted by atomic mass is 10.2. The molecular weight excluding hydrogens is 250 g/mol. The first kappa shape index (κ1) is 15.0. The molecule has 1 aromatic carbocycles. The van der Waals surface area contributed by atoms with E-state index in [9.17, 15) is 8.42 Å². The van der Waals surface area contributed by atoms with Crippen molar-refractivity contribution in [3.8, 4) is 5.75 Å². The van der Waals surface area contributed by atoms with Crippen LogP contribution in [0.5, 0.6) is 5.75 Å². The molecule has 0 amide bonds. The molecule has 0 aromatic heterocycles. The second kappa shape index (κ2) is 6.75.